The van der Waals surface area contributed by atoms with Crippen molar-refractivity contribution in [3.63, 3.8) is 0 Å². The number of anilines is 1. The predicted molar refractivity (Wildman–Crippen MR) is 138 cm³/mol. The highest BCUT2D eigenvalue weighted by atomic mass is 19.4. The molecule has 17 heteroatoms. The van der Waals surface area contributed by atoms with E-state index in [1.807, 2.05) is 0 Å². The second-order valence-corrected chi connectivity index (χ2v) is 10.6. The Labute approximate surface area is 245 Å². The fraction of sp³-hybridized carbons (Fsp3) is 0.519. The smallest absolute Gasteiger partial charge is 0.390 e. The van der Waals surface area contributed by atoms with Gasteiger partial charge in [-0.25, -0.2) is 0 Å². The van der Waals surface area contributed by atoms with Gasteiger partial charge in [0, 0.05) is 32.2 Å². The van der Waals surface area contributed by atoms with E-state index < -0.39 is 72.1 Å². The van der Waals surface area contributed by atoms with E-state index in [1.54, 1.807) is 11.8 Å². The molecule has 0 aliphatic carbocycles. The van der Waals surface area contributed by atoms with Crippen LogP contribution in [0, 0.1) is 0 Å². The second kappa shape index (κ2) is 12.5. The van der Waals surface area contributed by atoms with E-state index in [-0.39, 0.29) is 30.5 Å². The number of alkyl halides is 9. The summed E-state index contributed by atoms with van der Waals surface area (Å²) in [5.74, 6) is -0.244. The SMILES string of the molecule is CCC(c1ccc(C(F)(F)F)cc1CN(Cc1cc(C(F)(F)F)cc(C(F)(F)F)c1)c1nnn(C)n1)N1CC[C@@H](O)[C@H](O)C1. The van der Waals surface area contributed by atoms with Gasteiger partial charge in [0.25, 0.3) is 5.95 Å². The summed E-state index contributed by atoms with van der Waals surface area (Å²) in [6, 6.07) is 3.50. The summed E-state index contributed by atoms with van der Waals surface area (Å²) in [6.07, 6.45) is -16.5. The number of aryl methyl sites for hydroxylation is 1. The molecule has 1 saturated heterocycles. The molecule has 1 unspecified atom stereocenters. The van der Waals surface area contributed by atoms with E-state index in [0.717, 1.165) is 21.8 Å². The Morgan fingerprint density at radius 1 is 0.864 bits per heavy atom. The van der Waals surface area contributed by atoms with Crippen molar-refractivity contribution in [1.29, 1.82) is 0 Å². The number of aliphatic hydroxyl groups is 2. The number of likely N-dealkylation sites (tertiary alicyclic amines) is 1. The predicted octanol–water partition coefficient (Wildman–Crippen LogP) is 5.35. The molecule has 0 radical (unpaired) electrons. The summed E-state index contributed by atoms with van der Waals surface area (Å²) in [4.78, 5) is 3.93. The lowest BCUT2D eigenvalue weighted by Crippen LogP contribution is -2.48. The third-order valence-corrected chi connectivity index (χ3v) is 7.40. The molecule has 2 heterocycles. The molecule has 44 heavy (non-hydrogen) atoms. The summed E-state index contributed by atoms with van der Waals surface area (Å²) in [6.45, 7) is 1.03. The van der Waals surface area contributed by atoms with Crippen molar-refractivity contribution in [2.75, 3.05) is 18.0 Å². The number of halogens is 9. The van der Waals surface area contributed by atoms with Crippen LogP contribution in [-0.4, -0.2) is 60.6 Å². The van der Waals surface area contributed by atoms with Gasteiger partial charge in [-0.05, 0) is 65.1 Å². The van der Waals surface area contributed by atoms with Gasteiger partial charge < -0.3 is 15.1 Å². The zero-order valence-corrected chi connectivity index (χ0v) is 23.4. The van der Waals surface area contributed by atoms with Crippen LogP contribution < -0.4 is 4.90 Å². The Kier molecular flexibility index (Phi) is 9.51. The fourth-order valence-corrected chi connectivity index (χ4v) is 5.28. The van der Waals surface area contributed by atoms with E-state index in [9.17, 15) is 49.7 Å². The number of β-amino-alcohol motifs (C(OH)–C–C–N with tert-alkyl or cyclic N) is 1. The van der Waals surface area contributed by atoms with Gasteiger partial charge in [-0.1, -0.05) is 18.1 Å². The fourth-order valence-electron chi connectivity index (χ4n) is 5.28. The van der Waals surface area contributed by atoms with E-state index in [4.69, 9.17) is 0 Å². The maximum absolute atomic E-state index is 13.8. The van der Waals surface area contributed by atoms with E-state index in [0.29, 0.717) is 30.7 Å². The number of aliphatic hydroxyl groups excluding tert-OH is 2. The van der Waals surface area contributed by atoms with E-state index in [2.05, 4.69) is 15.4 Å². The molecular weight excluding hydrogens is 611 g/mol. The topological polar surface area (TPSA) is 90.5 Å². The van der Waals surface area contributed by atoms with Crippen molar-refractivity contribution >= 4 is 5.95 Å². The lowest BCUT2D eigenvalue weighted by Gasteiger charge is -2.39. The number of hydrogen-bond donors (Lipinski definition) is 2. The van der Waals surface area contributed by atoms with Crippen LogP contribution in [0.3, 0.4) is 0 Å². The number of nitrogens with zero attached hydrogens (tertiary/aromatic N) is 6. The molecule has 1 fully saturated rings. The number of aromatic nitrogens is 4. The van der Waals surface area contributed by atoms with Gasteiger partial charge in [0.1, 0.15) is 0 Å². The first kappa shape index (κ1) is 33.5. The molecule has 1 aromatic heterocycles. The highest BCUT2D eigenvalue weighted by molar-refractivity contribution is 5.42. The first-order valence-electron chi connectivity index (χ1n) is 13.4. The third-order valence-electron chi connectivity index (χ3n) is 7.40. The average molecular weight is 641 g/mol. The van der Waals surface area contributed by atoms with Crippen molar-refractivity contribution in [2.24, 2.45) is 7.05 Å². The van der Waals surface area contributed by atoms with Gasteiger partial charge >= 0.3 is 18.5 Å². The molecule has 0 amide bonds. The number of piperidine rings is 1. The third kappa shape index (κ3) is 7.79. The molecule has 1 aliphatic rings. The quantitative estimate of drug-likeness (QED) is 0.321. The largest absolute Gasteiger partial charge is 0.416 e. The lowest BCUT2D eigenvalue weighted by molar-refractivity contribution is -0.143. The van der Waals surface area contributed by atoms with Crippen LogP contribution in [0.15, 0.2) is 36.4 Å². The Balaban J connectivity index is 1.81. The van der Waals surface area contributed by atoms with Crippen molar-refractivity contribution in [1.82, 2.24) is 25.1 Å². The zero-order valence-electron chi connectivity index (χ0n) is 23.4. The molecular formula is C27H29F9N6O2. The Bertz CT molecular complexity index is 1410. The highest BCUT2D eigenvalue weighted by Gasteiger charge is 2.38. The summed E-state index contributed by atoms with van der Waals surface area (Å²) in [7, 11) is 1.36. The number of tetrazole rings is 1. The van der Waals surface area contributed by atoms with Crippen LogP contribution in [-0.2, 0) is 38.7 Å². The maximum Gasteiger partial charge on any atom is 0.416 e. The van der Waals surface area contributed by atoms with Crippen molar-refractivity contribution in [3.05, 3.63) is 69.8 Å². The number of benzene rings is 2. The van der Waals surface area contributed by atoms with Crippen LogP contribution >= 0.6 is 0 Å². The molecule has 4 rings (SSSR count). The minimum atomic E-state index is -5.11. The Morgan fingerprint density at radius 2 is 1.48 bits per heavy atom. The minimum absolute atomic E-state index is 0.0187. The van der Waals surface area contributed by atoms with Crippen LogP contribution in [0.25, 0.3) is 0 Å². The molecule has 3 atom stereocenters. The molecule has 3 aromatic rings. The normalized spacial score (nSPS) is 19.3. The van der Waals surface area contributed by atoms with Gasteiger partial charge in [-0.2, -0.15) is 44.3 Å². The minimum Gasteiger partial charge on any atom is -0.390 e. The summed E-state index contributed by atoms with van der Waals surface area (Å²) < 4.78 is 123. The molecule has 0 bridgehead atoms. The first-order chi connectivity index (χ1) is 20.4. The van der Waals surface area contributed by atoms with Gasteiger partial charge in [0.15, 0.2) is 0 Å². The Hall–Kier alpha value is -3.44. The average Bonchev–Trinajstić information content (AvgIpc) is 3.36. The summed E-state index contributed by atoms with van der Waals surface area (Å²) in [5, 5.41) is 31.7. The summed E-state index contributed by atoms with van der Waals surface area (Å²) in [5.41, 5.74) is -4.11. The molecule has 2 aromatic carbocycles. The Morgan fingerprint density at radius 3 is 1.98 bits per heavy atom. The molecule has 1 aliphatic heterocycles. The molecule has 242 valence electrons. The van der Waals surface area contributed by atoms with E-state index >= 15 is 0 Å². The van der Waals surface area contributed by atoms with Crippen LogP contribution in [0.4, 0.5) is 45.5 Å². The second-order valence-electron chi connectivity index (χ2n) is 10.6. The molecule has 8 nitrogen and oxygen atoms in total. The van der Waals surface area contributed by atoms with Crippen molar-refractivity contribution < 1.29 is 49.7 Å². The first-order valence-corrected chi connectivity index (χ1v) is 13.4. The van der Waals surface area contributed by atoms with Crippen LogP contribution in [0.1, 0.15) is 59.2 Å². The van der Waals surface area contributed by atoms with Crippen molar-refractivity contribution in [3.8, 4) is 0 Å². The standard InChI is InChI=1S/C27H29F9N6O2/c1-3-21(41-7-6-22(43)23(44)14-41)20-5-4-17(25(28,29)30)10-16(20)13-42(24-37-39-40(2)38-24)12-15-8-18(26(31,32)33)11-19(9-15)27(34,35)36/h4-5,8-11,21-23,43-44H,3,6-7,12-14H2,1-2H3/t21?,22-,23-/m1/s1. The maximum atomic E-state index is 13.8. The van der Waals surface area contributed by atoms with Gasteiger partial charge in [-0.3, -0.25) is 4.90 Å². The highest BCUT2D eigenvalue weighted by Crippen LogP contribution is 2.38. The molecule has 2 N–H and O–H groups in total. The van der Waals surface area contributed by atoms with Gasteiger partial charge in [-0.15, -0.1) is 5.10 Å². The molecule has 0 saturated carbocycles. The number of hydrogen-bond acceptors (Lipinski definition) is 7. The lowest BCUT2D eigenvalue weighted by atomic mass is 9.92. The van der Waals surface area contributed by atoms with Crippen molar-refractivity contribution in [2.45, 2.75) is 69.6 Å². The number of rotatable bonds is 8. The van der Waals surface area contributed by atoms with E-state index in [1.165, 1.54) is 13.1 Å². The summed E-state index contributed by atoms with van der Waals surface area (Å²) >= 11 is 0. The van der Waals surface area contributed by atoms with Crippen LogP contribution in [0.2, 0.25) is 0 Å². The van der Waals surface area contributed by atoms with Crippen LogP contribution in [0.5, 0.6) is 0 Å². The zero-order chi connectivity index (χ0) is 32.6. The molecule has 0 spiro atoms. The monoisotopic (exact) mass is 640 g/mol. The van der Waals surface area contributed by atoms with Gasteiger partial charge in [0.2, 0.25) is 0 Å². The van der Waals surface area contributed by atoms with Gasteiger partial charge in [0.05, 0.1) is 35.9 Å².